The number of urea groups is 1. The maximum absolute atomic E-state index is 11.6. The molecule has 5 nitrogen and oxygen atoms in total. The fourth-order valence-corrected chi connectivity index (χ4v) is 1.58. The fraction of sp³-hybridized carbons (Fsp3) is 0.300. The molecule has 0 radical (unpaired) electrons. The summed E-state index contributed by atoms with van der Waals surface area (Å²) in [5.74, 6) is -0.318. The number of hydrogen-bond donors (Lipinski definition) is 2. The van der Waals surface area contributed by atoms with Crippen LogP contribution in [-0.4, -0.2) is 11.9 Å². The number of pyridine rings is 1. The van der Waals surface area contributed by atoms with Gasteiger partial charge in [-0.3, -0.25) is 10.1 Å². The number of aromatic nitrogens is 1. The average Bonchev–Trinajstić information content (AvgIpc) is 2.42. The summed E-state index contributed by atoms with van der Waals surface area (Å²) >= 11 is 0. The lowest BCUT2D eigenvalue weighted by molar-refractivity contribution is -0.671. The van der Waals surface area contributed by atoms with Crippen molar-refractivity contribution in [3.8, 4) is 0 Å². The molecule has 1 aromatic rings. The Labute approximate surface area is 87.1 Å². The van der Waals surface area contributed by atoms with Crippen molar-refractivity contribution in [3.05, 3.63) is 30.1 Å². The summed E-state index contributed by atoms with van der Waals surface area (Å²) < 4.78 is 1.86. The molecular weight excluding hydrogens is 194 g/mol. The second-order valence-electron chi connectivity index (χ2n) is 3.79. The van der Waals surface area contributed by atoms with Crippen LogP contribution in [0, 0.1) is 0 Å². The number of aryl methyl sites for hydroxylation is 1. The molecular formula is C10H12N3O2+. The largest absolute Gasteiger partial charge is 0.322 e. The standard InChI is InChI=1S/C10H11N3O2/c1-10(8(14)11-9(15)12-10)7-3-5-13(2)6-4-7/h3-6H,1-2H3,(H-,11,12,14,15)/p+1/t10-/m1/s1. The van der Waals surface area contributed by atoms with E-state index in [0.29, 0.717) is 0 Å². The maximum Gasteiger partial charge on any atom is 0.322 e. The molecule has 0 bridgehead atoms. The van der Waals surface area contributed by atoms with Crippen LogP contribution >= 0.6 is 0 Å². The van der Waals surface area contributed by atoms with Crippen molar-refractivity contribution < 1.29 is 14.2 Å². The molecule has 0 spiro atoms. The summed E-state index contributed by atoms with van der Waals surface area (Å²) in [7, 11) is 1.89. The van der Waals surface area contributed by atoms with E-state index in [-0.39, 0.29) is 5.91 Å². The summed E-state index contributed by atoms with van der Waals surface area (Å²) in [6.45, 7) is 1.68. The highest BCUT2D eigenvalue weighted by Gasteiger charge is 2.43. The first-order chi connectivity index (χ1) is 7.02. The molecule has 1 atom stereocenters. The molecule has 1 aliphatic heterocycles. The van der Waals surface area contributed by atoms with Gasteiger partial charge >= 0.3 is 6.03 Å². The molecule has 15 heavy (non-hydrogen) atoms. The maximum atomic E-state index is 11.6. The molecule has 1 aliphatic rings. The lowest BCUT2D eigenvalue weighted by atomic mass is 9.93. The molecule has 3 amide bonds. The summed E-state index contributed by atoms with van der Waals surface area (Å²) in [6.07, 6.45) is 3.66. The van der Waals surface area contributed by atoms with Crippen LogP contribution in [0.15, 0.2) is 24.5 Å². The second kappa shape index (κ2) is 3.05. The monoisotopic (exact) mass is 206 g/mol. The molecule has 78 valence electrons. The third kappa shape index (κ3) is 1.45. The predicted octanol–water partition coefficient (Wildman–Crippen LogP) is -0.434. The Morgan fingerprint density at radius 3 is 2.33 bits per heavy atom. The van der Waals surface area contributed by atoms with Gasteiger partial charge in [-0.05, 0) is 12.5 Å². The van der Waals surface area contributed by atoms with E-state index in [2.05, 4.69) is 10.6 Å². The number of carbonyl (C=O) groups is 2. The summed E-state index contributed by atoms with van der Waals surface area (Å²) in [5, 5.41) is 4.83. The number of nitrogens with one attached hydrogen (secondary N) is 2. The predicted molar refractivity (Wildman–Crippen MR) is 51.6 cm³/mol. The average molecular weight is 206 g/mol. The van der Waals surface area contributed by atoms with Gasteiger partial charge in [-0.25, -0.2) is 9.36 Å². The topological polar surface area (TPSA) is 62.1 Å². The van der Waals surface area contributed by atoms with E-state index in [1.807, 2.05) is 36.1 Å². The summed E-state index contributed by atoms with van der Waals surface area (Å²) in [6, 6.07) is 3.17. The van der Waals surface area contributed by atoms with Crippen LogP contribution < -0.4 is 15.2 Å². The molecule has 1 aromatic heterocycles. The lowest BCUT2D eigenvalue weighted by Crippen LogP contribution is -2.41. The normalized spacial score (nSPS) is 24.9. The zero-order valence-electron chi connectivity index (χ0n) is 8.57. The van der Waals surface area contributed by atoms with Gasteiger partial charge in [-0.1, -0.05) is 0 Å². The number of hydrogen-bond acceptors (Lipinski definition) is 2. The Balaban J connectivity index is 2.41. The van der Waals surface area contributed by atoms with Gasteiger partial charge in [0.1, 0.15) is 12.6 Å². The third-order valence-corrected chi connectivity index (χ3v) is 2.60. The lowest BCUT2D eigenvalue weighted by Gasteiger charge is -2.19. The highest BCUT2D eigenvalue weighted by atomic mass is 16.2. The van der Waals surface area contributed by atoms with Crippen molar-refractivity contribution in [1.29, 1.82) is 0 Å². The van der Waals surface area contributed by atoms with Crippen molar-refractivity contribution in [2.24, 2.45) is 7.05 Å². The van der Waals surface area contributed by atoms with Crippen LogP contribution in [0.4, 0.5) is 4.79 Å². The first-order valence-corrected chi connectivity index (χ1v) is 4.62. The molecule has 0 aliphatic carbocycles. The molecule has 1 saturated heterocycles. The minimum atomic E-state index is -0.953. The van der Waals surface area contributed by atoms with Gasteiger partial charge < -0.3 is 5.32 Å². The van der Waals surface area contributed by atoms with E-state index in [9.17, 15) is 9.59 Å². The minimum absolute atomic E-state index is 0.318. The fourth-order valence-electron chi connectivity index (χ4n) is 1.58. The van der Waals surface area contributed by atoms with E-state index in [0.717, 1.165) is 5.56 Å². The minimum Gasteiger partial charge on any atom is -0.320 e. The number of imide groups is 1. The highest BCUT2D eigenvalue weighted by Crippen LogP contribution is 2.22. The van der Waals surface area contributed by atoms with Crippen LogP contribution in [-0.2, 0) is 17.4 Å². The van der Waals surface area contributed by atoms with E-state index < -0.39 is 11.6 Å². The quantitative estimate of drug-likeness (QED) is 0.483. The molecule has 0 saturated carbocycles. The van der Waals surface area contributed by atoms with Crippen LogP contribution in [0.5, 0.6) is 0 Å². The van der Waals surface area contributed by atoms with Gasteiger partial charge in [-0.15, -0.1) is 0 Å². The SMILES string of the molecule is C[n+]1ccc([C@@]2(C)NC(=O)NC2=O)cc1. The molecule has 2 heterocycles. The van der Waals surface area contributed by atoms with E-state index in [1.54, 1.807) is 6.92 Å². The van der Waals surface area contributed by atoms with Crippen LogP contribution in [0.3, 0.4) is 0 Å². The molecule has 1 fully saturated rings. The number of amides is 3. The smallest absolute Gasteiger partial charge is 0.320 e. The highest BCUT2D eigenvalue weighted by molar-refractivity contribution is 6.07. The van der Waals surface area contributed by atoms with Gasteiger partial charge in [0.15, 0.2) is 12.4 Å². The Hall–Kier alpha value is -1.91. The van der Waals surface area contributed by atoms with Gasteiger partial charge in [0.25, 0.3) is 5.91 Å². The Morgan fingerprint density at radius 1 is 1.27 bits per heavy atom. The van der Waals surface area contributed by atoms with Gasteiger partial charge in [0, 0.05) is 12.1 Å². The van der Waals surface area contributed by atoms with Gasteiger partial charge in [-0.2, -0.15) is 0 Å². The summed E-state index contributed by atoms with van der Waals surface area (Å²) in [4.78, 5) is 22.7. The van der Waals surface area contributed by atoms with Crippen molar-refractivity contribution >= 4 is 11.9 Å². The first-order valence-electron chi connectivity index (χ1n) is 4.62. The van der Waals surface area contributed by atoms with Crippen molar-refractivity contribution in [1.82, 2.24) is 10.6 Å². The summed E-state index contributed by atoms with van der Waals surface area (Å²) in [5.41, 5.74) is -0.185. The Kier molecular flexibility index (Phi) is 1.96. The van der Waals surface area contributed by atoms with E-state index in [1.165, 1.54) is 0 Å². The molecule has 2 rings (SSSR count). The van der Waals surface area contributed by atoms with Crippen molar-refractivity contribution in [3.63, 3.8) is 0 Å². The Morgan fingerprint density at radius 2 is 1.87 bits per heavy atom. The van der Waals surface area contributed by atoms with E-state index >= 15 is 0 Å². The Bertz CT molecular complexity index is 427. The first kappa shape index (κ1) is 9.64. The van der Waals surface area contributed by atoms with Gasteiger partial charge in [0.05, 0.1) is 0 Å². The molecule has 0 unspecified atom stereocenters. The van der Waals surface area contributed by atoms with Crippen LogP contribution in [0.2, 0.25) is 0 Å². The van der Waals surface area contributed by atoms with Crippen molar-refractivity contribution in [2.75, 3.05) is 0 Å². The molecule has 2 N–H and O–H groups in total. The van der Waals surface area contributed by atoms with Gasteiger partial charge in [0.2, 0.25) is 0 Å². The zero-order valence-corrected chi connectivity index (χ0v) is 8.57. The molecule has 0 aromatic carbocycles. The number of nitrogens with zero attached hydrogens (tertiary/aromatic N) is 1. The van der Waals surface area contributed by atoms with Crippen LogP contribution in [0.25, 0.3) is 0 Å². The molecule has 5 heteroatoms. The zero-order chi connectivity index (χ0) is 11.1. The second-order valence-corrected chi connectivity index (χ2v) is 3.79. The van der Waals surface area contributed by atoms with Crippen molar-refractivity contribution in [2.45, 2.75) is 12.5 Å². The van der Waals surface area contributed by atoms with Crippen LogP contribution in [0.1, 0.15) is 12.5 Å². The number of carbonyl (C=O) groups excluding carboxylic acids is 2. The van der Waals surface area contributed by atoms with E-state index in [4.69, 9.17) is 0 Å². The number of rotatable bonds is 1. The third-order valence-electron chi connectivity index (χ3n) is 2.60.